The van der Waals surface area contributed by atoms with Gasteiger partial charge in [0.05, 0.1) is 6.07 Å². The molecule has 9 heteroatoms. The van der Waals surface area contributed by atoms with E-state index in [-0.39, 0.29) is 34.9 Å². The summed E-state index contributed by atoms with van der Waals surface area (Å²) in [6, 6.07) is 9.14. The maximum absolute atomic E-state index is 13.5. The van der Waals surface area contributed by atoms with Gasteiger partial charge in [-0.25, -0.2) is 15.0 Å². The first kappa shape index (κ1) is 19.5. The first-order valence-electron chi connectivity index (χ1n) is 9.78. The molecule has 0 aliphatic heterocycles. The number of nitriles is 1. The van der Waals surface area contributed by atoms with Crippen LogP contribution >= 0.6 is 0 Å². The Labute approximate surface area is 172 Å². The topological polar surface area (TPSA) is 140 Å². The van der Waals surface area contributed by atoms with Gasteiger partial charge in [0.15, 0.2) is 11.5 Å². The molecule has 1 aliphatic carbocycles. The second-order valence-corrected chi connectivity index (χ2v) is 7.46. The summed E-state index contributed by atoms with van der Waals surface area (Å²) in [4.78, 5) is 37.5. The Balaban J connectivity index is 1.84. The Kier molecular flexibility index (Phi) is 5.14. The SMILES string of the molecule is CC(=O)Nc1ccc(-c2nc3c(N)ncnc3n(C3CCC(C#N)CC3)c2=O)cc1. The fourth-order valence-electron chi connectivity index (χ4n) is 3.94. The summed E-state index contributed by atoms with van der Waals surface area (Å²) in [5.74, 6) is 0.0490. The Bertz CT molecular complexity index is 1200. The molecule has 30 heavy (non-hydrogen) atoms. The number of aromatic nitrogens is 4. The van der Waals surface area contributed by atoms with Gasteiger partial charge in [-0.2, -0.15) is 5.26 Å². The first-order valence-corrected chi connectivity index (χ1v) is 9.78. The molecule has 152 valence electrons. The number of nitrogens with one attached hydrogen (secondary N) is 1. The summed E-state index contributed by atoms with van der Waals surface area (Å²) in [6.07, 6.45) is 4.22. The molecule has 1 fully saturated rings. The van der Waals surface area contributed by atoms with Gasteiger partial charge in [-0.3, -0.25) is 14.2 Å². The first-order chi connectivity index (χ1) is 14.5. The maximum atomic E-state index is 13.5. The molecule has 0 atom stereocenters. The van der Waals surface area contributed by atoms with Gasteiger partial charge < -0.3 is 11.1 Å². The molecule has 2 aromatic heterocycles. The predicted molar refractivity (Wildman–Crippen MR) is 112 cm³/mol. The molecule has 3 aromatic rings. The van der Waals surface area contributed by atoms with Gasteiger partial charge in [0.1, 0.15) is 17.5 Å². The van der Waals surface area contributed by atoms with Crippen molar-refractivity contribution in [3.63, 3.8) is 0 Å². The Morgan fingerprint density at radius 3 is 2.53 bits per heavy atom. The van der Waals surface area contributed by atoms with Crippen molar-refractivity contribution < 1.29 is 4.79 Å². The van der Waals surface area contributed by atoms with E-state index in [4.69, 9.17) is 5.73 Å². The largest absolute Gasteiger partial charge is 0.382 e. The number of anilines is 2. The average Bonchev–Trinajstić information content (AvgIpc) is 2.74. The molecular formula is C21H21N7O2. The smallest absolute Gasteiger partial charge is 0.279 e. The van der Waals surface area contributed by atoms with Gasteiger partial charge in [0.25, 0.3) is 5.56 Å². The number of nitrogens with two attached hydrogens (primary N) is 1. The standard InChI is InChI=1S/C21H21N7O2/c1-12(29)26-15-6-4-14(5-7-15)17-21(30)28(16-8-2-13(10-22)3-9-16)20-18(27-17)19(23)24-11-25-20/h4-7,11,13,16H,2-3,8-9H2,1H3,(H,26,29)(H2,23,24,25). The number of nitrogen functional groups attached to an aromatic ring is 1. The van der Waals surface area contributed by atoms with Crippen molar-refractivity contribution in [1.82, 2.24) is 19.5 Å². The van der Waals surface area contributed by atoms with E-state index < -0.39 is 0 Å². The van der Waals surface area contributed by atoms with Crippen LogP contribution in [0, 0.1) is 17.2 Å². The Morgan fingerprint density at radius 2 is 1.90 bits per heavy atom. The lowest BCUT2D eigenvalue weighted by molar-refractivity contribution is -0.114. The molecule has 0 radical (unpaired) electrons. The van der Waals surface area contributed by atoms with E-state index in [1.54, 1.807) is 28.8 Å². The fourth-order valence-corrected chi connectivity index (χ4v) is 3.94. The van der Waals surface area contributed by atoms with E-state index in [9.17, 15) is 14.9 Å². The molecule has 2 heterocycles. The molecule has 9 nitrogen and oxygen atoms in total. The number of carbonyl (C=O) groups is 1. The molecule has 0 spiro atoms. The maximum Gasteiger partial charge on any atom is 0.279 e. The molecule has 0 bridgehead atoms. The molecule has 1 amide bonds. The third-order valence-corrected chi connectivity index (χ3v) is 5.43. The van der Waals surface area contributed by atoms with E-state index in [2.05, 4.69) is 26.3 Å². The quantitative estimate of drug-likeness (QED) is 0.685. The second-order valence-electron chi connectivity index (χ2n) is 7.46. The molecule has 1 aromatic carbocycles. The minimum absolute atomic E-state index is 0.0190. The van der Waals surface area contributed by atoms with Crippen LogP contribution < -0.4 is 16.6 Å². The van der Waals surface area contributed by atoms with Gasteiger partial charge in [-0.15, -0.1) is 0 Å². The number of hydrogen-bond acceptors (Lipinski definition) is 7. The lowest BCUT2D eigenvalue weighted by atomic mass is 9.87. The van der Waals surface area contributed by atoms with Crippen molar-refractivity contribution in [2.75, 3.05) is 11.1 Å². The lowest BCUT2D eigenvalue weighted by Crippen LogP contribution is -2.31. The van der Waals surface area contributed by atoms with Crippen LogP contribution in [0.4, 0.5) is 11.5 Å². The number of rotatable bonds is 3. The van der Waals surface area contributed by atoms with Crippen LogP contribution in [-0.2, 0) is 4.79 Å². The summed E-state index contributed by atoms with van der Waals surface area (Å²) in [6.45, 7) is 1.43. The normalized spacial score (nSPS) is 18.7. The zero-order valence-corrected chi connectivity index (χ0v) is 16.5. The summed E-state index contributed by atoms with van der Waals surface area (Å²) < 4.78 is 1.66. The van der Waals surface area contributed by atoms with Crippen molar-refractivity contribution in [1.29, 1.82) is 5.26 Å². The highest BCUT2D eigenvalue weighted by Gasteiger charge is 2.26. The highest BCUT2D eigenvalue weighted by atomic mass is 16.1. The number of carbonyl (C=O) groups excluding carboxylic acids is 1. The second kappa shape index (κ2) is 7.91. The average molecular weight is 403 g/mol. The highest BCUT2D eigenvalue weighted by molar-refractivity contribution is 5.89. The molecule has 3 N–H and O–H groups in total. The summed E-state index contributed by atoms with van der Waals surface area (Å²) in [5, 5.41) is 11.9. The Morgan fingerprint density at radius 1 is 1.20 bits per heavy atom. The highest BCUT2D eigenvalue weighted by Crippen LogP contribution is 2.33. The number of fused-ring (bicyclic) bond motifs is 1. The molecule has 0 saturated heterocycles. The fraction of sp³-hybridized carbons (Fsp3) is 0.333. The summed E-state index contributed by atoms with van der Waals surface area (Å²) >= 11 is 0. The van der Waals surface area contributed by atoms with Crippen molar-refractivity contribution in [2.24, 2.45) is 5.92 Å². The Hall–Kier alpha value is -3.80. The summed E-state index contributed by atoms with van der Waals surface area (Å²) in [5.41, 5.74) is 8.07. The number of benzene rings is 1. The molecule has 1 aliphatic rings. The van der Waals surface area contributed by atoms with Gasteiger partial charge in [0, 0.05) is 30.1 Å². The minimum atomic E-state index is -0.256. The number of nitrogens with zero attached hydrogens (tertiary/aromatic N) is 5. The van der Waals surface area contributed by atoms with Crippen LogP contribution in [0.2, 0.25) is 0 Å². The van der Waals surface area contributed by atoms with E-state index in [0.29, 0.717) is 35.3 Å². The van der Waals surface area contributed by atoms with Crippen LogP contribution in [-0.4, -0.2) is 25.4 Å². The number of hydrogen-bond donors (Lipinski definition) is 2. The van der Waals surface area contributed by atoms with Gasteiger partial charge in [0.2, 0.25) is 5.91 Å². The van der Waals surface area contributed by atoms with Crippen molar-refractivity contribution in [3.8, 4) is 17.3 Å². The van der Waals surface area contributed by atoms with E-state index in [1.165, 1.54) is 13.3 Å². The third-order valence-electron chi connectivity index (χ3n) is 5.43. The van der Waals surface area contributed by atoms with Crippen LogP contribution in [0.5, 0.6) is 0 Å². The zero-order valence-electron chi connectivity index (χ0n) is 16.5. The molecule has 0 unspecified atom stereocenters. The molecular weight excluding hydrogens is 382 g/mol. The third kappa shape index (κ3) is 3.59. The van der Waals surface area contributed by atoms with Crippen molar-refractivity contribution in [2.45, 2.75) is 38.6 Å². The molecule has 4 rings (SSSR count). The zero-order chi connectivity index (χ0) is 21.3. The van der Waals surface area contributed by atoms with E-state index >= 15 is 0 Å². The predicted octanol–water partition coefficient (Wildman–Crippen LogP) is 2.65. The summed E-state index contributed by atoms with van der Waals surface area (Å²) in [7, 11) is 0. The number of amides is 1. The van der Waals surface area contributed by atoms with E-state index in [1.807, 2.05) is 0 Å². The van der Waals surface area contributed by atoms with Crippen LogP contribution in [0.1, 0.15) is 38.6 Å². The van der Waals surface area contributed by atoms with Crippen LogP contribution in [0.25, 0.3) is 22.4 Å². The van der Waals surface area contributed by atoms with E-state index in [0.717, 1.165) is 12.8 Å². The van der Waals surface area contributed by atoms with Crippen molar-refractivity contribution in [3.05, 3.63) is 40.9 Å². The monoisotopic (exact) mass is 403 g/mol. The molecule has 1 saturated carbocycles. The van der Waals surface area contributed by atoms with Gasteiger partial charge >= 0.3 is 0 Å². The van der Waals surface area contributed by atoms with Crippen molar-refractivity contribution >= 4 is 28.6 Å². The minimum Gasteiger partial charge on any atom is -0.382 e. The van der Waals surface area contributed by atoms with Gasteiger partial charge in [-0.05, 0) is 37.8 Å². The van der Waals surface area contributed by atoms with Crippen LogP contribution in [0.3, 0.4) is 0 Å². The van der Waals surface area contributed by atoms with Gasteiger partial charge in [-0.1, -0.05) is 12.1 Å². The lowest BCUT2D eigenvalue weighted by Gasteiger charge is -2.27. The van der Waals surface area contributed by atoms with Crippen LogP contribution in [0.15, 0.2) is 35.4 Å².